The Morgan fingerprint density at radius 2 is 1.82 bits per heavy atom. The number of carboxylic acids is 1. The number of ether oxygens (including phenoxy) is 1. The lowest BCUT2D eigenvalue weighted by atomic mass is 10.0. The number of carboxylic acid groups (broad SMARTS) is 1. The van der Waals surface area contributed by atoms with Gasteiger partial charge in [-0.1, -0.05) is 36.4 Å². The third-order valence-corrected chi connectivity index (χ3v) is 6.09. The van der Waals surface area contributed by atoms with Crippen LogP contribution in [0, 0.1) is 0 Å². The molecule has 3 N–H and O–H groups in total. The molecule has 2 aromatic rings. The second-order valence-corrected chi connectivity index (χ2v) is 8.59. The van der Waals surface area contributed by atoms with Gasteiger partial charge in [-0.05, 0) is 68.4 Å². The fraction of sp³-hybridized carbons (Fsp3) is 0.423. The quantitative estimate of drug-likeness (QED) is 0.434. The smallest absolute Gasteiger partial charge is 0.323 e. The van der Waals surface area contributed by atoms with Gasteiger partial charge in [0.2, 0.25) is 5.91 Å². The molecular weight excluding hydrogens is 436 g/mol. The number of hydrogen-bond donors (Lipinski definition) is 3. The first-order valence-electron chi connectivity index (χ1n) is 11.6. The number of carbonyl (C=O) groups is 3. The molecule has 0 bridgehead atoms. The van der Waals surface area contributed by atoms with Gasteiger partial charge in [0.1, 0.15) is 18.3 Å². The van der Waals surface area contributed by atoms with Crippen LogP contribution in [0.4, 0.5) is 0 Å². The maximum atomic E-state index is 13.4. The van der Waals surface area contributed by atoms with E-state index < -0.39 is 36.5 Å². The van der Waals surface area contributed by atoms with Crippen molar-refractivity contribution in [3.8, 4) is 5.75 Å². The van der Waals surface area contributed by atoms with E-state index in [0.717, 1.165) is 16.7 Å². The minimum atomic E-state index is -1.11. The molecule has 0 aromatic heterocycles. The van der Waals surface area contributed by atoms with Crippen LogP contribution in [-0.4, -0.2) is 64.2 Å². The maximum Gasteiger partial charge on any atom is 0.323 e. The number of nitrogens with zero attached hydrogens (tertiary/aromatic N) is 1. The van der Waals surface area contributed by atoms with Crippen molar-refractivity contribution in [3.63, 3.8) is 0 Å². The molecule has 1 unspecified atom stereocenters. The van der Waals surface area contributed by atoms with Crippen LogP contribution in [0.1, 0.15) is 37.0 Å². The van der Waals surface area contributed by atoms with Gasteiger partial charge in [0.25, 0.3) is 0 Å². The van der Waals surface area contributed by atoms with E-state index in [1.807, 2.05) is 30.3 Å². The highest BCUT2D eigenvalue weighted by Crippen LogP contribution is 2.29. The van der Waals surface area contributed by atoms with Crippen molar-refractivity contribution in [3.05, 3.63) is 65.2 Å². The fourth-order valence-corrected chi connectivity index (χ4v) is 4.42. The van der Waals surface area contributed by atoms with Crippen LogP contribution >= 0.6 is 0 Å². The fourth-order valence-electron chi connectivity index (χ4n) is 4.42. The molecule has 182 valence electrons. The SMILES string of the molecule is CCOC(=O)[C@H](CCc1ccccc1)N[C@@H](C)C(=O)N(CC(=O)O)C1Cc2ccc(O)cc2C1. The summed E-state index contributed by atoms with van der Waals surface area (Å²) in [5.41, 5.74) is 2.96. The van der Waals surface area contributed by atoms with Crippen molar-refractivity contribution in [2.45, 2.75) is 57.7 Å². The van der Waals surface area contributed by atoms with E-state index in [0.29, 0.717) is 25.7 Å². The highest BCUT2D eigenvalue weighted by atomic mass is 16.5. The summed E-state index contributed by atoms with van der Waals surface area (Å²) >= 11 is 0. The second kappa shape index (κ2) is 11.7. The number of nitrogens with one attached hydrogen (secondary N) is 1. The lowest BCUT2D eigenvalue weighted by molar-refractivity contribution is -0.149. The molecule has 8 nitrogen and oxygen atoms in total. The van der Waals surface area contributed by atoms with Gasteiger partial charge in [-0.2, -0.15) is 0 Å². The Balaban J connectivity index is 1.71. The number of fused-ring (bicyclic) bond motifs is 1. The van der Waals surface area contributed by atoms with Crippen molar-refractivity contribution in [1.82, 2.24) is 10.2 Å². The monoisotopic (exact) mass is 468 g/mol. The third-order valence-electron chi connectivity index (χ3n) is 6.09. The van der Waals surface area contributed by atoms with Gasteiger partial charge < -0.3 is 19.8 Å². The van der Waals surface area contributed by atoms with Crippen molar-refractivity contribution in [1.29, 1.82) is 0 Å². The minimum Gasteiger partial charge on any atom is -0.508 e. The zero-order valence-electron chi connectivity index (χ0n) is 19.6. The molecule has 0 saturated heterocycles. The Bertz CT molecular complexity index is 1010. The summed E-state index contributed by atoms with van der Waals surface area (Å²) in [5.74, 6) is -1.79. The summed E-state index contributed by atoms with van der Waals surface area (Å²) in [4.78, 5) is 38.9. The zero-order chi connectivity index (χ0) is 24.7. The molecule has 0 fully saturated rings. The van der Waals surface area contributed by atoms with E-state index in [4.69, 9.17) is 4.74 Å². The van der Waals surface area contributed by atoms with Crippen molar-refractivity contribution in [2.24, 2.45) is 0 Å². The highest BCUT2D eigenvalue weighted by Gasteiger charge is 2.35. The van der Waals surface area contributed by atoms with Crippen LogP contribution in [0.15, 0.2) is 48.5 Å². The molecule has 8 heteroatoms. The van der Waals surface area contributed by atoms with Crippen LogP contribution in [0.3, 0.4) is 0 Å². The van der Waals surface area contributed by atoms with Crippen LogP contribution in [0.2, 0.25) is 0 Å². The molecule has 1 amide bonds. The van der Waals surface area contributed by atoms with E-state index in [2.05, 4.69) is 5.32 Å². The second-order valence-electron chi connectivity index (χ2n) is 8.59. The number of phenols is 1. The summed E-state index contributed by atoms with van der Waals surface area (Å²) in [6.07, 6.45) is 2.04. The topological polar surface area (TPSA) is 116 Å². The van der Waals surface area contributed by atoms with Gasteiger partial charge in [-0.15, -0.1) is 0 Å². The van der Waals surface area contributed by atoms with E-state index >= 15 is 0 Å². The largest absolute Gasteiger partial charge is 0.508 e. The molecule has 0 radical (unpaired) electrons. The first-order chi connectivity index (χ1) is 16.3. The van der Waals surface area contributed by atoms with E-state index in [1.165, 1.54) is 4.90 Å². The van der Waals surface area contributed by atoms with Gasteiger partial charge >= 0.3 is 11.9 Å². The Kier molecular flexibility index (Phi) is 8.65. The predicted molar refractivity (Wildman–Crippen MR) is 126 cm³/mol. The minimum absolute atomic E-state index is 0.140. The number of aromatic hydroxyl groups is 1. The van der Waals surface area contributed by atoms with Crippen LogP contribution in [-0.2, 0) is 38.4 Å². The summed E-state index contributed by atoms with van der Waals surface area (Å²) in [6.45, 7) is 3.15. The van der Waals surface area contributed by atoms with Crippen LogP contribution in [0.25, 0.3) is 0 Å². The van der Waals surface area contributed by atoms with Gasteiger partial charge in [0, 0.05) is 6.04 Å². The molecule has 0 spiro atoms. The molecule has 0 saturated carbocycles. The summed E-state index contributed by atoms with van der Waals surface area (Å²) in [5, 5.41) is 22.3. The standard InChI is InChI=1S/C26H32N2O6/c1-3-34-26(33)23(12-9-18-7-5-4-6-8-18)27-17(2)25(32)28(16-24(30)31)21-13-19-10-11-22(29)15-20(19)14-21/h4-8,10-11,15,17,21,23,27,29H,3,9,12-14,16H2,1-2H3,(H,30,31)/t17-,21?,23-/m0/s1. The predicted octanol–water partition coefficient (Wildman–Crippen LogP) is 2.32. The van der Waals surface area contributed by atoms with E-state index in [9.17, 15) is 24.6 Å². The van der Waals surface area contributed by atoms with Crippen molar-refractivity contribution in [2.75, 3.05) is 13.2 Å². The molecule has 0 aliphatic heterocycles. The zero-order valence-corrected chi connectivity index (χ0v) is 19.6. The number of aliphatic carboxylic acids is 1. The molecule has 3 atom stereocenters. The average molecular weight is 469 g/mol. The number of hydrogen-bond acceptors (Lipinski definition) is 6. The van der Waals surface area contributed by atoms with Crippen LogP contribution in [0.5, 0.6) is 5.75 Å². The number of aryl methyl sites for hydroxylation is 1. The number of phenolic OH excluding ortho intramolecular Hbond substituents is 1. The number of esters is 1. The Hall–Kier alpha value is -3.39. The molecule has 3 rings (SSSR count). The Morgan fingerprint density at radius 1 is 1.12 bits per heavy atom. The van der Waals surface area contributed by atoms with Crippen molar-refractivity contribution < 1.29 is 29.3 Å². The number of benzene rings is 2. The molecule has 1 aliphatic rings. The van der Waals surface area contributed by atoms with Gasteiger partial charge in [-0.25, -0.2) is 0 Å². The van der Waals surface area contributed by atoms with Gasteiger partial charge in [-0.3, -0.25) is 19.7 Å². The normalized spacial score (nSPS) is 16.4. The number of carbonyl (C=O) groups excluding carboxylic acids is 2. The molecule has 2 aromatic carbocycles. The van der Waals surface area contributed by atoms with E-state index in [1.54, 1.807) is 32.0 Å². The van der Waals surface area contributed by atoms with Gasteiger partial charge in [0.15, 0.2) is 0 Å². The van der Waals surface area contributed by atoms with Crippen molar-refractivity contribution >= 4 is 17.8 Å². The first kappa shape index (κ1) is 25.2. The molecular formula is C26H32N2O6. The summed E-state index contributed by atoms with van der Waals surface area (Å²) in [7, 11) is 0. The molecule has 1 aliphatic carbocycles. The average Bonchev–Trinajstić information content (AvgIpc) is 3.23. The van der Waals surface area contributed by atoms with Crippen LogP contribution < -0.4 is 5.32 Å². The van der Waals surface area contributed by atoms with Gasteiger partial charge in [0.05, 0.1) is 12.6 Å². The van der Waals surface area contributed by atoms with E-state index in [-0.39, 0.29) is 18.4 Å². The lowest BCUT2D eigenvalue weighted by Crippen LogP contribution is -2.54. The third kappa shape index (κ3) is 6.57. The number of rotatable bonds is 11. The molecule has 34 heavy (non-hydrogen) atoms. The highest BCUT2D eigenvalue weighted by molar-refractivity contribution is 5.86. The summed E-state index contributed by atoms with van der Waals surface area (Å²) < 4.78 is 5.21. The first-order valence-corrected chi connectivity index (χ1v) is 11.6. The Labute approximate surface area is 199 Å². The number of amides is 1. The molecule has 0 heterocycles. The maximum absolute atomic E-state index is 13.4. The lowest BCUT2D eigenvalue weighted by Gasteiger charge is -2.31. The summed E-state index contributed by atoms with van der Waals surface area (Å²) in [6, 6.07) is 12.9. The Morgan fingerprint density at radius 3 is 2.50 bits per heavy atom.